The Bertz CT molecular complexity index is 521. The summed E-state index contributed by atoms with van der Waals surface area (Å²) in [4.78, 5) is 12.5. The topological polar surface area (TPSA) is 58.6 Å². The van der Waals surface area contributed by atoms with Gasteiger partial charge in [0.1, 0.15) is 5.60 Å². The molecule has 0 aliphatic carbocycles. The number of benzene rings is 1. The summed E-state index contributed by atoms with van der Waals surface area (Å²) in [5.41, 5.74) is 0.603. The lowest BCUT2D eigenvalue weighted by Crippen LogP contribution is -2.47. The van der Waals surface area contributed by atoms with Crippen LogP contribution >= 0.6 is 0 Å². The molecule has 1 saturated heterocycles. The van der Waals surface area contributed by atoms with E-state index in [0.717, 1.165) is 5.56 Å². The molecule has 2 N–H and O–H groups in total. The molecule has 4 nitrogen and oxygen atoms in total. The van der Waals surface area contributed by atoms with E-state index in [1.165, 1.54) is 0 Å². The molecule has 1 amide bonds. The van der Waals surface area contributed by atoms with Gasteiger partial charge in [0, 0.05) is 25.1 Å². The van der Waals surface area contributed by atoms with E-state index in [1.54, 1.807) is 0 Å². The SMILES string of the molecule is CC1OCCC1(O)CNC(=O)c1ccccc1C(C)(C)C. The number of nitrogens with one attached hydrogen (secondary N) is 1. The van der Waals surface area contributed by atoms with Gasteiger partial charge in [0.2, 0.25) is 0 Å². The van der Waals surface area contributed by atoms with E-state index in [9.17, 15) is 9.90 Å². The van der Waals surface area contributed by atoms with Crippen molar-refractivity contribution in [2.24, 2.45) is 0 Å². The average molecular weight is 291 g/mol. The van der Waals surface area contributed by atoms with Crippen molar-refractivity contribution in [3.05, 3.63) is 35.4 Å². The van der Waals surface area contributed by atoms with Crippen molar-refractivity contribution in [1.82, 2.24) is 5.32 Å². The second-order valence-electron chi connectivity index (χ2n) is 6.84. The molecule has 1 fully saturated rings. The number of rotatable bonds is 3. The molecule has 0 radical (unpaired) electrons. The summed E-state index contributed by atoms with van der Waals surface area (Å²) in [5.74, 6) is -0.145. The first-order valence-corrected chi connectivity index (χ1v) is 7.46. The molecule has 0 saturated carbocycles. The summed E-state index contributed by atoms with van der Waals surface area (Å²) in [7, 11) is 0. The van der Waals surface area contributed by atoms with Crippen LogP contribution in [0.5, 0.6) is 0 Å². The van der Waals surface area contributed by atoms with E-state index in [1.807, 2.05) is 31.2 Å². The van der Waals surface area contributed by atoms with E-state index in [4.69, 9.17) is 4.74 Å². The van der Waals surface area contributed by atoms with E-state index in [2.05, 4.69) is 26.1 Å². The molecule has 1 aromatic rings. The third kappa shape index (κ3) is 3.44. The number of carbonyl (C=O) groups excluding carboxylic acids is 1. The van der Waals surface area contributed by atoms with Gasteiger partial charge in [-0.3, -0.25) is 4.79 Å². The summed E-state index contributed by atoms with van der Waals surface area (Å²) in [6, 6.07) is 7.61. The predicted octanol–water partition coefficient (Wildman–Crippen LogP) is 2.25. The Balaban J connectivity index is 2.11. The Morgan fingerprint density at radius 1 is 1.43 bits per heavy atom. The van der Waals surface area contributed by atoms with Gasteiger partial charge in [-0.05, 0) is 24.0 Å². The fourth-order valence-electron chi connectivity index (χ4n) is 2.67. The monoisotopic (exact) mass is 291 g/mol. The Hall–Kier alpha value is -1.39. The number of hydrogen-bond donors (Lipinski definition) is 2. The van der Waals surface area contributed by atoms with Crippen LogP contribution in [0.4, 0.5) is 0 Å². The smallest absolute Gasteiger partial charge is 0.251 e. The van der Waals surface area contributed by atoms with Crippen molar-refractivity contribution < 1.29 is 14.6 Å². The Morgan fingerprint density at radius 2 is 2.10 bits per heavy atom. The lowest BCUT2D eigenvalue weighted by Gasteiger charge is -2.27. The number of amides is 1. The van der Waals surface area contributed by atoms with Crippen LogP contribution in [0.1, 0.15) is 50.0 Å². The lowest BCUT2D eigenvalue weighted by atomic mass is 9.83. The van der Waals surface area contributed by atoms with Gasteiger partial charge in [-0.2, -0.15) is 0 Å². The molecule has 2 atom stereocenters. The minimum atomic E-state index is -0.966. The zero-order valence-corrected chi connectivity index (χ0v) is 13.3. The molecule has 116 valence electrons. The second-order valence-corrected chi connectivity index (χ2v) is 6.84. The van der Waals surface area contributed by atoms with Crippen molar-refractivity contribution in [3.8, 4) is 0 Å². The van der Waals surface area contributed by atoms with Crippen LogP contribution in [-0.4, -0.2) is 35.9 Å². The van der Waals surface area contributed by atoms with Crippen LogP contribution < -0.4 is 5.32 Å². The van der Waals surface area contributed by atoms with Gasteiger partial charge in [-0.15, -0.1) is 0 Å². The molecule has 0 aromatic heterocycles. The van der Waals surface area contributed by atoms with Gasteiger partial charge in [-0.1, -0.05) is 39.0 Å². The van der Waals surface area contributed by atoms with E-state index in [-0.39, 0.29) is 24.0 Å². The van der Waals surface area contributed by atoms with E-state index >= 15 is 0 Å². The minimum absolute atomic E-state index is 0.103. The maximum atomic E-state index is 12.5. The third-order valence-electron chi connectivity index (χ3n) is 4.19. The summed E-state index contributed by atoms with van der Waals surface area (Å²) in [6.45, 7) is 8.83. The summed E-state index contributed by atoms with van der Waals surface area (Å²) < 4.78 is 5.38. The zero-order valence-electron chi connectivity index (χ0n) is 13.3. The average Bonchev–Trinajstić information content (AvgIpc) is 2.75. The Labute approximate surface area is 126 Å². The Morgan fingerprint density at radius 3 is 2.67 bits per heavy atom. The molecule has 1 heterocycles. The second kappa shape index (κ2) is 5.78. The van der Waals surface area contributed by atoms with Gasteiger partial charge in [0.05, 0.1) is 6.10 Å². The highest BCUT2D eigenvalue weighted by molar-refractivity contribution is 5.96. The van der Waals surface area contributed by atoms with Crippen molar-refractivity contribution in [2.75, 3.05) is 13.2 Å². The third-order valence-corrected chi connectivity index (χ3v) is 4.19. The van der Waals surface area contributed by atoms with Gasteiger partial charge < -0.3 is 15.2 Å². The Kier molecular flexibility index (Phi) is 4.40. The maximum absolute atomic E-state index is 12.5. The van der Waals surface area contributed by atoms with E-state index < -0.39 is 5.60 Å². The molecule has 1 aliphatic heterocycles. The molecule has 0 spiro atoms. The number of hydrogen-bond acceptors (Lipinski definition) is 3. The molecule has 2 unspecified atom stereocenters. The largest absolute Gasteiger partial charge is 0.385 e. The van der Waals surface area contributed by atoms with Gasteiger partial charge in [0.15, 0.2) is 0 Å². The highest BCUT2D eigenvalue weighted by atomic mass is 16.5. The molecule has 0 bridgehead atoms. The lowest BCUT2D eigenvalue weighted by molar-refractivity contribution is -0.0251. The quantitative estimate of drug-likeness (QED) is 0.898. The first kappa shape index (κ1) is 16.0. The molecule has 21 heavy (non-hydrogen) atoms. The molecule has 2 rings (SSSR count). The fourth-order valence-corrected chi connectivity index (χ4v) is 2.67. The van der Waals surface area contributed by atoms with Gasteiger partial charge in [-0.25, -0.2) is 0 Å². The zero-order chi connectivity index (χ0) is 15.7. The number of aliphatic hydroxyl groups is 1. The fraction of sp³-hybridized carbons (Fsp3) is 0.588. The van der Waals surface area contributed by atoms with Crippen molar-refractivity contribution >= 4 is 5.91 Å². The first-order valence-electron chi connectivity index (χ1n) is 7.46. The highest BCUT2D eigenvalue weighted by Crippen LogP contribution is 2.27. The maximum Gasteiger partial charge on any atom is 0.251 e. The molecular weight excluding hydrogens is 266 g/mol. The standard InChI is InChI=1S/C17H25NO3/c1-12-17(20,9-10-21-12)11-18-15(19)13-7-5-6-8-14(13)16(2,3)4/h5-8,12,20H,9-11H2,1-4H3,(H,18,19). The molecule has 4 heteroatoms. The van der Waals surface area contributed by atoms with Crippen molar-refractivity contribution in [2.45, 2.75) is 51.2 Å². The molecular formula is C17H25NO3. The van der Waals surface area contributed by atoms with Crippen LogP contribution in [-0.2, 0) is 10.2 Å². The molecule has 1 aromatic carbocycles. The first-order chi connectivity index (χ1) is 9.74. The predicted molar refractivity (Wildman–Crippen MR) is 82.5 cm³/mol. The number of carbonyl (C=O) groups is 1. The normalized spacial score (nSPS) is 25.9. The molecule has 1 aliphatic rings. The van der Waals surface area contributed by atoms with Crippen LogP contribution in [0.2, 0.25) is 0 Å². The van der Waals surface area contributed by atoms with Crippen molar-refractivity contribution in [1.29, 1.82) is 0 Å². The van der Waals surface area contributed by atoms with Crippen molar-refractivity contribution in [3.63, 3.8) is 0 Å². The van der Waals surface area contributed by atoms with Gasteiger partial charge in [0.25, 0.3) is 5.91 Å². The summed E-state index contributed by atoms with van der Waals surface area (Å²) >= 11 is 0. The van der Waals surface area contributed by atoms with Crippen LogP contribution in [0, 0.1) is 0 Å². The van der Waals surface area contributed by atoms with Crippen LogP contribution in [0.3, 0.4) is 0 Å². The van der Waals surface area contributed by atoms with E-state index in [0.29, 0.717) is 18.6 Å². The van der Waals surface area contributed by atoms with Gasteiger partial charge >= 0.3 is 0 Å². The summed E-state index contributed by atoms with van der Waals surface area (Å²) in [6.07, 6.45) is 0.297. The summed E-state index contributed by atoms with van der Waals surface area (Å²) in [5, 5.41) is 13.3. The highest BCUT2D eigenvalue weighted by Gasteiger charge is 2.39. The minimum Gasteiger partial charge on any atom is -0.385 e. The number of ether oxygens (including phenoxy) is 1. The van der Waals surface area contributed by atoms with Crippen LogP contribution in [0.15, 0.2) is 24.3 Å². The van der Waals surface area contributed by atoms with Crippen LogP contribution in [0.25, 0.3) is 0 Å².